The van der Waals surface area contributed by atoms with Crippen molar-refractivity contribution < 1.29 is 14.6 Å². The molecule has 0 aliphatic carbocycles. The Bertz CT molecular complexity index is 422. The van der Waals surface area contributed by atoms with E-state index in [1.807, 2.05) is 11.8 Å². The number of benzene rings is 1. The minimum Gasteiger partial charge on any atom is -0.393 e. The van der Waals surface area contributed by atoms with Crippen molar-refractivity contribution in [3.8, 4) is 0 Å². The molecule has 0 saturated carbocycles. The zero-order valence-electron chi connectivity index (χ0n) is 10.8. The third kappa shape index (κ3) is 2.49. The van der Waals surface area contributed by atoms with Gasteiger partial charge in [0.05, 0.1) is 17.9 Å². The number of aliphatic hydroxyl groups excluding tert-OH is 2. The van der Waals surface area contributed by atoms with Crippen molar-refractivity contribution in [2.24, 2.45) is 5.92 Å². The molecule has 100 valence electrons. The Hall–Kier alpha value is -1.13. The summed E-state index contributed by atoms with van der Waals surface area (Å²) in [5.74, 6) is -0.197. The Kier molecular flexibility index (Phi) is 3.88. The summed E-state index contributed by atoms with van der Waals surface area (Å²) in [5, 5.41) is 19.5. The predicted molar refractivity (Wildman–Crippen MR) is 69.0 cm³/mol. The number of aliphatic hydroxyl groups is 2. The molecule has 1 aromatic carbocycles. The number of piperidine rings is 1. The molecule has 0 spiro atoms. The third-order valence-electron chi connectivity index (χ3n) is 3.64. The maximum atomic E-state index is 14.0. The van der Waals surface area contributed by atoms with E-state index in [4.69, 9.17) is 0 Å². The van der Waals surface area contributed by atoms with E-state index < -0.39 is 6.10 Å². The van der Waals surface area contributed by atoms with Gasteiger partial charge in [-0.15, -0.1) is 0 Å². The van der Waals surface area contributed by atoms with Crippen LogP contribution in [0.3, 0.4) is 0 Å². The maximum Gasteiger partial charge on any atom is 0.146 e. The minimum absolute atomic E-state index is 0.111. The van der Waals surface area contributed by atoms with Crippen molar-refractivity contribution in [3.05, 3.63) is 29.6 Å². The second-order valence-corrected chi connectivity index (χ2v) is 5.13. The first kappa shape index (κ1) is 13.3. The van der Waals surface area contributed by atoms with Crippen LogP contribution in [0.5, 0.6) is 0 Å². The SMILES string of the molecule is CC1CN(c2c(F)cccc2[C@H](C)O)CCC1O. The van der Waals surface area contributed by atoms with E-state index in [0.717, 1.165) is 0 Å². The van der Waals surface area contributed by atoms with E-state index in [0.29, 0.717) is 30.8 Å². The molecule has 4 heteroatoms. The molecule has 2 N–H and O–H groups in total. The Morgan fingerprint density at radius 1 is 1.44 bits per heavy atom. The van der Waals surface area contributed by atoms with Gasteiger partial charge in [-0.3, -0.25) is 0 Å². The van der Waals surface area contributed by atoms with Gasteiger partial charge in [-0.2, -0.15) is 0 Å². The molecular formula is C14H20FNO2. The minimum atomic E-state index is -0.696. The number of hydrogen-bond acceptors (Lipinski definition) is 3. The summed E-state index contributed by atoms with van der Waals surface area (Å²) >= 11 is 0. The molecule has 0 bridgehead atoms. The van der Waals surface area contributed by atoms with Crippen LogP contribution in [0.4, 0.5) is 10.1 Å². The maximum absolute atomic E-state index is 14.0. The fourth-order valence-corrected chi connectivity index (χ4v) is 2.54. The zero-order chi connectivity index (χ0) is 13.3. The largest absolute Gasteiger partial charge is 0.393 e. The van der Waals surface area contributed by atoms with Gasteiger partial charge >= 0.3 is 0 Å². The molecule has 0 aromatic heterocycles. The highest BCUT2D eigenvalue weighted by Crippen LogP contribution is 2.32. The molecule has 1 aliphatic rings. The van der Waals surface area contributed by atoms with Crippen LogP contribution in [0.25, 0.3) is 0 Å². The number of hydrogen-bond donors (Lipinski definition) is 2. The molecule has 1 aliphatic heterocycles. The van der Waals surface area contributed by atoms with Crippen molar-refractivity contribution in [1.29, 1.82) is 0 Å². The quantitative estimate of drug-likeness (QED) is 0.848. The van der Waals surface area contributed by atoms with Crippen molar-refractivity contribution in [1.82, 2.24) is 0 Å². The first-order chi connectivity index (χ1) is 8.50. The number of para-hydroxylation sites is 1. The van der Waals surface area contributed by atoms with E-state index >= 15 is 0 Å². The number of halogens is 1. The van der Waals surface area contributed by atoms with Gasteiger partial charge in [0.1, 0.15) is 5.82 Å². The summed E-state index contributed by atoms with van der Waals surface area (Å²) in [4.78, 5) is 1.93. The third-order valence-corrected chi connectivity index (χ3v) is 3.64. The van der Waals surface area contributed by atoms with E-state index in [-0.39, 0.29) is 17.8 Å². The average molecular weight is 253 g/mol. The van der Waals surface area contributed by atoms with Crippen LogP contribution < -0.4 is 4.90 Å². The first-order valence-corrected chi connectivity index (χ1v) is 6.40. The Labute approximate surface area is 107 Å². The monoisotopic (exact) mass is 253 g/mol. The Morgan fingerprint density at radius 3 is 2.78 bits per heavy atom. The normalized spacial score (nSPS) is 26.2. The molecule has 0 radical (unpaired) electrons. The second-order valence-electron chi connectivity index (χ2n) is 5.13. The molecule has 0 amide bonds. The summed E-state index contributed by atoms with van der Waals surface area (Å²) in [6, 6.07) is 4.78. The molecule has 3 atom stereocenters. The second kappa shape index (κ2) is 5.24. The molecule has 18 heavy (non-hydrogen) atoms. The molecule has 1 saturated heterocycles. The highest BCUT2D eigenvalue weighted by molar-refractivity contribution is 5.56. The fraction of sp³-hybridized carbons (Fsp3) is 0.571. The van der Waals surface area contributed by atoms with Crippen molar-refractivity contribution in [3.63, 3.8) is 0 Å². The van der Waals surface area contributed by atoms with Crippen LogP contribution in [-0.4, -0.2) is 29.4 Å². The lowest BCUT2D eigenvalue weighted by Crippen LogP contribution is -2.42. The molecule has 1 aromatic rings. The highest BCUT2D eigenvalue weighted by Gasteiger charge is 2.27. The van der Waals surface area contributed by atoms with Crippen molar-refractivity contribution in [2.45, 2.75) is 32.5 Å². The summed E-state index contributed by atoms with van der Waals surface area (Å²) in [6.45, 7) is 4.83. The van der Waals surface area contributed by atoms with Gasteiger partial charge in [0.2, 0.25) is 0 Å². The van der Waals surface area contributed by atoms with E-state index in [2.05, 4.69) is 0 Å². The van der Waals surface area contributed by atoms with Gasteiger partial charge in [0, 0.05) is 18.7 Å². The Balaban J connectivity index is 2.33. The van der Waals surface area contributed by atoms with Crippen LogP contribution in [0, 0.1) is 11.7 Å². The van der Waals surface area contributed by atoms with Crippen LogP contribution in [0.1, 0.15) is 31.9 Å². The lowest BCUT2D eigenvalue weighted by atomic mass is 9.95. The number of anilines is 1. The molecule has 3 nitrogen and oxygen atoms in total. The average Bonchev–Trinajstić information content (AvgIpc) is 2.32. The first-order valence-electron chi connectivity index (χ1n) is 6.40. The van der Waals surface area contributed by atoms with Crippen LogP contribution in [0.15, 0.2) is 18.2 Å². The molecule has 2 unspecified atom stereocenters. The van der Waals surface area contributed by atoms with Crippen molar-refractivity contribution >= 4 is 5.69 Å². The van der Waals surface area contributed by atoms with Crippen LogP contribution >= 0.6 is 0 Å². The number of rotatable bonds is 2. The lowest BCUT2D eigenvalue weighted by molar-refractivity contribution is 0.0966. The van der Waals surface area contributed by atoms with Gasteiger partial charge in [-0.25, -0.2) is 4.39 Å². The van der Waals surface area contributed by atoms with Crippen LogP contribution in [0.2, 0.25) is 0 Å². The van der Waals surface area contributed by atoms with Crippen molar-refractivity contribution in [2.75, 3.05) is 18.0 Å². The predicted octanol–water partition coefficient (Wildman–Crippen LogP) is 2.09. The Morgan fingerprint density at radius 2 is 2.17 bits per heavy atom. The van der Waals surface area contributed by atoms with Gasteiger partial charge < -0.3 is 15.1 Å². The lowest BCUT2D eigenvalue weighted by Gasteiger charge is -2.37. The number of nitrogens with zero attached hydrogens (tertiary/aromatic N) is 1. The van der Waals surface area contributed by atoms with Gasteiger partial charge in [0.15, 0.2) is 0 Å². The molecule has 1 heterocycles. The standard InChI is InChI=1S/C14H20FNO2/c1-9-8-16(7-6-13(9)18)14-11(10(2)17)4-3-5-12(14)15/h3-5,9-10,13,17-18H,6-8H2,1-2H3/t9?,10-,13?/m0/s1. The summed E-state index contributed by atoms with van der Waals surface area (Å²) < 4.78 is 14.0. The molecular weight excluding hydrogens is 233 g/mol. The van der Waals surface area contributed by atoms with E-state index in [1.165, 1.54) is 6.07 Å². The van der Waals surface area contributed by atoms with E-state index in [1.54, 1.807) is 19.1 Å². The highest BCUT2D eigenvalue weighted by atomic mass is 19.1. The summed E-state index contributed by atoms with van der Waals surface area (Å²) in [6.07, 6.45) is -0.379. The fourth-order valence-electron chi connectivity index (χ4n) is 2.54. The summed E-state index contributed by atoms with van der Waals surface area (Å²) in [5.41, 5.74) is 1.09. The smallest absolute Gasteiger partial charge is 0.146 e. The van der Waals surface area contributed by atoms with E-state index in [9.17, 15) is 14.6 Å². The zero-order valence-corrected chi connectivity index (χ0v) is 10.8. The topological polar surface area (TPSA) is 43.7 Å². The molecule has 2 rings (SSSR count). The molecule has 1 fully saturated rings. The van der Waals surface area contributed by atoms with Gasteiger partial charge in [-0.05, 0) is 25.3 Å². The summed E-state index contributed by atoms with van der Waals surface area (Å²) in [7, 11) is 0. The van der Waals surface area contributed by atoms with Gasteiger partial charge in [0.25, 0.3) is 0 Å². The van der Waals surface area contributed by atoms with Crippen LogP contribution in [-0.2, 0) is 0 Å². The van der Waals surface area contributed by atoms with Gasteiger partial charge in [-0.1, -0.05) is 19.1 Å².